The molecule has 7 nitrogen and oxygen atoms in total. The number of hydrogen-bond acceptors (Lipinski definition) is 6. The SMILES string of the molecule is CCCOc1cccc(C2c3c(oc4ccc(C)cc4c3=O)C(=O)N2c2ccc(C(=O)OCC)cc2)c1. The molecule has 0 aliphatic carbocycles. The largest absolute Gasteiger partial charge is 0.494 e. The number of ether oxygens (including phenoxy) is 2. The third-order valence-corrected chi connectivity index (χ3v) is 6.33. The highest BCUT2D eigenvalue weighted by atomic mass is 16.5. The van der Waals surface area contributed by atoms with E-state index in [0.717, 1.165) is 17.5 Å². The number of carbonyl (C=O) groups is 2. The first kappa shape index (κ1) is 24.3. The van der Waals surface area contributed by atoms with Crippen LogP contribution in [0.25, 0.3) is 11.0 Å². The summed E-state index contributed by atoms with van der Waals surface area (Å²) in [4.78, 5) is 41.3. The van der Waals surface area contributed by atoms with Gasteiger partial charge in [0.1, 0.15) is 11.3 Å². The Hall–Kier alpha value is -4.39. The van der Waals surface area contributed by atoms with Gasteiger partial charge >= 0.3 is 5.97 Å². The Labute approximate surface area is 214 Å². The van der Waals surface area contributed by atoms with Gasteiger partial charge in [0.2, 0.25) is 5.76 Å². The molecule has 1 unspecified atom stereocenters. The van der Waals surface area contributed by atoms with Gasteiger partial charge in [-0.1, -0.05) is 30.7 Å². The van der Waals surface area contributed by atoms with Gasteiger partial charge in [-0.15, -0.1) is 0 Å². The van der Waals surface area contributed by atoms with Crippen molar-refractivity contribution in [1.82, 2.24) is 0 Å². The molecule has 0 N–H and O–H groups in total. The van der Waals surface area contributed by atoms with Crippen LogP contribution in [-0.2, 0) is 4.74 Å². The van der Waals surface area contributed by atoms with E-state index >= 15 is 0 Å². The Bertz CT molecular complexity index is 1550. The van der Waals surface area contributed by atoms with Crippen molar-refractivity contribution >= 4 is 28.5 Å². The lowest BCUT2D eigenvalue weighted by molar-refractivity contribution is 0.0526. The van der Waals surface area contributed by atoms with Gasteiger partial charge in [-0.2, -0.15) is 0 Å². The van der Waals surface area contributed by atoms with Crippen LogP contribution in [-0.4, -0.2) is 25.1 Å². The van der Waals surface area contributed by atoms with E-state index < -0.39 is 17.9 Å². The van der Waals surface area contributed by atoms with E-state index in [1.54, 1.807) is 43.3 Å². The van der Waals surface area contributed by atoms with Crippen LogP contribution < -0.4 is 15.1 Å². The molecule has 1 aromatic heterocycles. The van der Waals surface area contributed by atoms with Crippen LogP contribution in [0.4, 0.5) is 5.69 Å². The molecule has 188 valence electrons. The standard InChI is InChI=1S/C30H27NO6/c1-4-15-36-22-8-6-7-20(17-22)26-25-27(32)23-16-18(3)9-14-24(23)37-28(25)29(33)31(26)21-12-10-19(11-13-21)30(34)35-5-2/h6-14,16-17,26H,4-5,15H2,1-3H3. The zero-order valence-electron chi connectivity index (χ0n) is 20.9. The predicted molar refractivity (Wildman–Crippen MR) is 140 cm³/mol. The summed E-state index contributed by atoms with van der Waals surface area (Å²) in [6, 6.07) is 18.6. The summed E-state index contributed by atoms with van der Waals surface area (Å²) < 4.78 is 17.0. The fourth-order valence-electron chi connectivity index (χ4n) is 4.64. The van der Waals surface area contributed by atoms with Crippen LogP contribution >= 0.6 is 0 Å². The second kappa shape index (κ2) is 9.93. The van der Waals surface area contributed by atoms with Gasteiger partial charge in [0.15, 0.2) is 5.43 Å². The molecule has 0 saturated heterocycles. The van der Waals surface area contributed by atoms with Crippen molar-refractivity contribution in [3.05, 3.63) is 105 Å². The van der Waals surface area contributed by atoms with Crippen molar-refractivity contribution in [3.63, 3.8) is 0 Å². The molecule has 0 bridgehead atoms. The van der Waals surface area contributed by atoms with Crippen molar-refractivity contribution in [2.24, 2.45) is 0 Å². The molecule has 0 spiro atoms. The lowest BCUT2D eigenvalue weighted by Crippen LogP contribution is -2.29. The number of benzene rings is 3. The minimum atomic E-state index is -0.734. The Morgan fingerprint density at radius 3 is 2.51 bits per heavy atom. The van der Waals surface area contributed by atoms with Gasteiger partial charge in [0.05, 0.1) is 35.8 Å². The number of aryl methyl sites for hydroxylation is 1. The van der Waals surface area contributed by atoms with Gasteiger partial charge in [0, 0.05) is 5.69 Å². The molecule has 3 aromatic carbocycles. The zero-order valence-corrected chi connectivity index (χ0v) is 20.9. The lowest BCUT2D eigenvalue weighted by atomic mass is 9.97. The first-order valence-corrected chi connectivity index (χ1v) is 12.3. The maximum absolute atomic E-state index is 13.8. The number of rotatable bonds is 7. The summed E-state index contributed by atoms with van der Waals surface area (Å²) in [5, 5.41) is 0.425. The molecule has 2 heterocycles. The first-order valence-electron chi connectivity index (χ1n) is 12.3. The number of hydrogen-bond donors (Lipinski definition) is 0. The van der Waals surface area contributed by atoms with E-state index in [1.807, 2.05) is 44.2 Å². The van der Waals surface area contributed by atoms with E-state index in [-0.39, 0.29) is 23.4 Å². The average molecular weight is 498 g/mol. The topological polar surface area (TPSA) is 86.0 Å². The van der Waals surface area contributed by atoms with E-state index in [2.05, 4.69) is 0 Å². The summed E-state index contributed by atoms with van der Waals surface area (Å²) in [7, 11) is 0. The molecule has 4 aromatic rings. The smallest absolute Gasteiger partial charge is 0.338 e. The molecule has 1 amide bonds. The molecule has 7 heteroatoms. The second-order valence-corrected chi connectivity index (χ2v) is 8.94. The van der Waals surface area contributed by atoms with Crippen molar-refractivity contribution < 1.29 is 23.5 Å². The van der Waals surface area contributed by atoms with Gasteiger partial charge in [-0.05, 0) is 74.4 Å². The normalized spacial score (nSPS) is 14.6. The molecule has 0 saturated carbocycles. The van der Waals surface area contributed by atoms with E-state index in [4.69, 9.17) is 13.9 Å². The average Bonchev–Trinajstić information content (AvgIpc) is 3.20. The van der Waals surface area contributed by atoms with Crippen molar-refractivity contribution in [2.45, 2.75) is 33.2 Å². The van der Waals surface area contributed by atoms with Crippen LogP contribution in [0, 0.1) is 6.92 Å². The van der Waals surface area contributed by atoms with E-state index in [0.29, 0.717) is 34.6 Å². The van der Waals surface area contributed by atoms with Gasteiger partial charge < -0.3 is 13.9 Å². The Balaban J connectivity index is 1.69. The van der Waals surface area contributed by atoms with Crippen LogP contribution in [0.1, 0.15) is 63.9 Å². The van der Waals surface area contributed by atoms with Crippen molar-refractivity contribution in [2.75, 3.05) is 18.1 Å². The van der Waals surface area contributed by atoms with Crippen LogP contribution in [0.3, 0.4) is 0 Å². The van der Waals surface area contributed by atoms with Crippen LogP contribution in [0.5, 0.6) is 5.75 Å². The summed E-state index contributed by atoms with van der Waals surface area (Å²) in [5.41, 5.74) is 2.93. The second-order valence-electron chi connectivity index (χ2n) is 8.94. The highest BCUT2D eigenvalue weighted by Gasteiger charge is 2.43. The molecular weight excluding hydrogens is 470 g/mol. The fourth-order valence-corrected chi connectivity index (χ4v) is 4.64. The van der Waals surface area contributed by atoms with Crippen molar-refractivity contribution in [3.8, 4) is 5.75 Å². The fraction of sp³-hybridized carbons (Fsp3) is 0.233. The Morgan fingerprint density at radius 1 is 1.00 bits per heavy atom. The predicted octanol–water partition coefficient (Wildman–Crippen LogP) is 5.82. The molecule has 0 radical (unpaired) electrons. The maximum Gasteiger partial charge on any atom is 0.338 e. The number of carbonyl (C=O) groups excluding carboxylic acids is 2. The summed E-state index contributed by atoms with van der Waals surface area (Å²) >= 11 is 0. The molecule has 1 aliphatic heterocycles. The number of esters is 1. The van der Waals surface area contributed by atoms with Crippen LogP contribution in [0.2, 0.25) is 0 Å². The third-order valence-electron chi connectivity index (χ3n) is 6.33. The van der Waals surface area contributed by atoms with E-state index in [1.165, 1.54) is 4.90 Å². The molecule has 5 rings (SSSR count). The monoisotopic (exact) mass is 497 g/mol. The van der Waals surface area contributed by atoms with E-state index in [9.17, 15) is 14.4 Å². The Morgan fingerprint density at radius 2 is 1.78 bits per heavy atom. The third kappa shape index (κ3) is 4.37. The maximum atomic E-state index is 13.8. The number of fused-ring (bicyclic) bond motifs is 2. The van der Waals surface area contributed by atoms with Gasteiger partial charge in [-0.25, -0.2) is 4.79 Å². The number of anilines is 1. The van der Waals surface area contributed by atoms with Crippen LogP contribution in [0.15, 0.2) is 75.9 Å². The lowest BCUT2D eigenvalue weighted by Gasteiger charge is -2.25. The summed E-state index contributed by atoms with van der Waals surface area (Å²) in [5.74, 6) is -0.205. The van der Waals surface area contributed by atoms with Gasteiger partial charge in [-0.3, -0.25) is 14.5 Å². The summed E-state index contributed by atoms with van der Waals surface area (Å²) in [6.45, 7) is 6.48. The number of amides is 1. The highest BCUT2D eigenvalue weighted by Crippen LogP contribution is 2.42. The quantitative estimate of drug-likeness (QED) is 0.299. The molecule has 1 atom stereocenters. The minimum Gasteiger partial charge on any atom is -0.494 e. The zero-order chi connectivity index (χ0) is 26.1. The minimum absolute atomic E-state index is 0.0145. The highest BCUT2D eigenvalue weighted by molar-refractivity contribution is 6.10. The molecule has 37 heavy (non-hydrogen) atoms. The molecular formula is C30H27NO6. The van der Waals surface area contributed by atoms with Crippen molar-refractivity contribution in [1.29, 1.82) is 0 Å². The van der Waals surface area contributed by atoms with Gasteiger partial charge in [0.25, 0.3) is 5.91 Å². The summed E-state index contributed by atoms with van der Waals surface area (Å²) in [6.07, 6.45) is 0.850. The molecule has 1 aliphatic rings. The number of nitrogens with zero attached hydrogens (tertiary/aromatic N) is 1. The molecule has 0 fully saturated rings. The Kier molecular flexibility index (Phi) is 6.53. The first-order chi connectivity index (χ1) is 17.9.